The second-order valence-corrected chi connectivity index (χ2v) is 5.99. The van der Waals surface area contributed by atoms with E-state index in [1.54, 1.807) is 6.20 Å². The number of hydrogen-bond donors (Lipinski definition) is 0. The number of piperazine rings is 1. The van der Waals surface area contributed by atoms with Gasteiger partial charge in [0.25, 0.3) is 0 Å². The highest BCUT2D eigenvalue weighted by Crippen LogP contribution is 2.17. The van der Waals surface area contributed by atoms with Crippen LogP contribution in [0.2, 0.25) is 5.15 Å². The predicted octanol–water partition coefficient (Wildman–Crippen LogP) is 1.93. The Bertz CT molecular complexity index is 659. The summed E-state index contributed by atoms with van der Waals surface area (Å²) in [5.41, 5.74) is 0. The second kappa shape index (κ2) is 7.87. The van der Waals surface area contributed by atoms with Crippen molar-refractivity contribution in [2.45, 2.75) is 26.5 Å². The van der Waals surface area contributed by atoms with E-state index in [-0.39, 0.29) is 6.10 Å². The van der Waals surface area contributed by atoms with Crippen LogP contribution in [0.4, 0.5) is 5.82 Å². The molecule has 1 saturated heterocycles. The van der Waals surface area contributed by atoms with Crippen molar-refractivity contribution < 1.29 is 9.26 Å². The lowest BCUT2D eigenvalue weighted by Crippen LogP contribution is -2.46. The SMILES string of the molecule is CCOC(C)c1noc(CN2CCN(c3cncc(Cl)n3)CC2)n1. The molecule has 0 amide bonds. The molecule has 9 heteroatoms. The molecule has 1 fully saturated rings. The molecule has 2 aromatic rings. The zero-order valence-corrected chi connectivity index (χ0v) is 14.6. The summed E-state index contributed by atoms with van der Waals surface area (Å²) >= 11 is 5.90. The molecule has 1 unspecified atom stereocenters. The van der Waals surface area contributed by atoms with Gasteiger partial charge in [-0.3, -0.25) is 9.88 Å². The fraction of sp³-hybridized carbons (Fsp3) is 0.600. The summed E-state index contributed by atoms with van der Waals surface area (Å²) in [5, 5.41) is 4.40. The first kappa shape index (κ1) is 17.1. The van der Waals surface area contributed by atoms with Gasteiger partial charge in [0.05, 0.1) is 18.9 Å². The van der Waals surface area contributed by atoms with Crippen molar-refractivity contribution in [2.24, 2.45) is 0 Å². The van der Waals surface area contributed by atoms with Crippen LogP contribution in [-0.4, -0.2) is 57.8 Å². The summed E-state index contributed by atoms with van der Waals surface area (Å²) in [5.74, 6) is 2.03. The largest absolute Gasteiger partial charge is 0.371 e. The molecule has 1 aliphatic rings. The monoisotopic (exact) mass is 352 g/mol. The normalized spacial score (nSPS) is 17.2. The Balaban J connectivity index is 1.52. The maximum absolute atomic E-state index is 5.90. The summed E-state index contributed by atoms with van der Waals surface area (Å²) in [4.78, 5) is 17.2. The summed E-state index contributed by atoms with van der Waals surface area (Å²) in [6.07, 6.45) is 3.13. The molecule has 0 bridgehead atoms. The smallest absolute Gasteiger partial charge is 0.240 e. The molecule has 0 radical (unpaired) electrons. The highest BCUT2D eigenvalue weighted by molar-refractivity contribution is 6.29. The Kier molecular flexibility index (Phi) is 5.60. The number of aromatic nitrogens is 4. The van der Waals surface area contributed by atoms with Crippen LogP contribution in [0.3, 0.4) is 0 Å². The van der Waals surface area contributed by atoms with E-state index in [9.17, 15) is 0 Å². The average Bonchev–Trinajstić information content (AvgIpc) is 3.04. The molecule has 1 aliphatic heterocycles. The highest BCUT2D eigenvalue weighted by atomic mass is 35.5. The second-order valence-electron chi connectivity index (χ2n) is 5.61. The van der Waals surface area contributed by atoms with Crippen LogP contribution in [0.25, 0.3) is 0 Å². The van der Waals surface area contributed by atoms with Gasteiger partial charge in [0.2, 0.25) is 5.89 Å². The van der Waals surface area contributed by atoms with Crippen LogP contribution in [0.1, 0.15) is 31.7 Å². The molecule has 3 rings (SSSR count). The first-order valence-corrected chi connectivity index (χ1v) is 8.42. The third-order valence-electron chi connectivity index (χ3n) is 3.91. The van der Waals surface area contributed by atoms with E-state index in [0.29, 0.717) is 30.0 Å². The minimum Gasteiger partial charge on any atom is -0.371 e. The Morgan fingerprint density at radius 1 is 1.25 bits per heavy atom. The third-order valence-corrected chi connectivity index (χ3v) is 4.09. The molecule has 130 valence electrons. The van der Waals surface area contributed by atoms with E-state index >= 15 is 0 Å². The minimum atomic E-state index is -0.147. The van der Waals surface area contributed by atoms with Crippen molar-refractivity contribution in [3.8, 4) is 0 Å². The van der Waals surface area contributed by atoms with Crippen molar-refractivity contribution in [3.05, 3.63) is 29.3 Å². The number of halogens is 1. The third kappa shape index (κ3) is 4.19. The lowest BCUT2D eigenvalue weighted by molar-refractivity contribution is 0.0683. The molecular weight excluding hydrogens is 332 g/mol. The zero-order valence-electron chi connectivity index (χ0n) is 13.9. The fourth-order valence-electron chi connectivity index (χ4n) is 2.63. The average molecular weight is 353 g/mol. The Morgan fingerprint density at radius 3 is 2.75 bits per heavy atom. The zero-order chi connectivity index (χ0) is 16.9. The summed E-state index contributed by atoms with van der Waals surface area (Å²) in [7, 11) is 0. The van der Waals surface area contributed by atoms with Gasteiger partial charge in [-0.15, -0.1) is 0 Å². The first-order chi connectivity index (χ1) is 11.7. The molecule has 8 nitrogen and oxygen atoms in total. The topological polar surface area (TPSA) is 80.4 Å². The van der Waals surface area contributed by atoms with E-state index in [0.717, 1.165) is 32.0 Å². The van der Waals surface area contributed by atoms with E-state index in [1.165, 1.54) is 6.20 Å². The molecule has 1 atom stereocenters. The van der Waals surface area contributed by atoms with Crippen LogP contribution < -0.4 is 4.90 Å². The number of anilines is 1. The highest BCUT2D eigenvalue weighted by Gasteiger charge is 2.21. The molecule has 3 heterocycles. The maximum Gasteiger partial charge on any atom is 0.240 e. The molecule has 24 heavy (non-hydrogen) atoms. The molecule has 0 aliphatic carbocycles. The van der Waals surface area contributed by atoms with Crippen LogP contribution in [0, 0.1) is 0 Å². The number of nitrogens with zero attached hydrogens (tertiary/aromatic N) is 6. The first-order valence-electron chi connectivity index (χ1n) is 8.04. The van der Waals surface area contributed by atoms with Gasteiger partial charge in [-0.2, -0.15) is 4.98 Å². The number of hydrogen-bond acceptors (Lipinski definition) is 8. The van der Waals surface area contributed by atoms with Crippen molar-refractivity contribution >= 4 is 17.4 Å². The van der Waals surface area contributed by atoms with Gasteiger partial charge >= 0.3 is 0 Å². The maximum atomic E-state index is 5.90. The van der Waals surface area contributed by atoms with Crippen LogP contribution >= 0.6 is 11.6 Å². The summed E-state index contributed by atoms with van der Waals surface area (Å²) in [6.45, 7) is 8.60. The van der Waals surface area contributed by atoms with E-state index in [1.807, 2.05) is 13.8 Å². The van der Waals surface area contributed by atoms with Crippen LogP contribution in [0.15, 0.2) is 16.9 Å². The van der Waals surface area contributed by atoms with Gasteiger partial charge in [0.1, 0.15) is 17.1 Å². The summed E-state index contributed by atoms with van der Waals surface area (Å²) < 4.78 is 10.8. The number of rotatable bonds is 6. The fourth-order valence-corrected chi connectivity index (χ4v) is 2.78. The van der Waals surface area contributed by atoms with E-state index < -0.39 is 0 Å². The van der Waals surface area contributed by atoms with E-state index in [2.05, 4.69) is 29.9 Å². The Morgan fingerprint density at radius 2 is 2.04 bits per heavy atom. The van der Waals surface area contributed by atoms with Crippen LogP contribution in [0.5, 0.6) is 0 Å². The molecule has 0 saturated carbocycles. The van der Waals surface area contributed by atoms with Crippen LogP contribution in [-0.2, 0) is 11.3 Å². The van der Waals surface area contributed by atoms with Gasteiger partial charge in [-0.05, 0) is 13.8 Å². The predicted molar refractivity (Wildman–Crippen MR) is 88.9 cm³/mol. The summed E-state index contributed by atoms with van der Waals surface area (Å²) in [6, 6.07) is 0. The quantitative estimate of drug-likeness (QED) is 0.780. The lowest BCUT2D eigenvalue weighted by Gasteiger charge is -2.34. The van der Waals surface area contributed by atoms with Gasteiger partial charge in [-0.25, -0.2) is 4.98 Å². The van der Waals surface area contributed by atoms with Crippen molar-refractivity contribution in [1.29, 1.82) is 0 Å². The lowest BCUT2D eigenvalue weighted by atomic mass is 10.3. The van der Waals surface area contributed by atoms with Gasteiger partial charge in [0, 0.05) is 32.8 Å². The molecular formula is C15H21ClN6O2. The molecule has 0 N–H and O–H groups in total. The standard InChI is InChI=1S/C15H21ClN6O2/c1-3-23-11(2)15-19-14(24-20-15)10-21-4-6-22(7-5-21)13-9-17-8-12(16)18-13/h8-9,11H,3-7,10H2,1-2H3. The van der Waals surface area contributed by atoms with Crippen molar-refractivity contribution in [3.63, 3.8) is 0 Å². The Labute approximate surface area is 145 Å². The van der Waals surface area contributed by atoms with Gasteiger partial charge < -0.3 is 14.2 Å². The number of ether oxygens (including phenoxy) is 1. The van der Waals surface area contributed by atoms with Crippen molar-refractivity contribution in [2.75, 3.05) is 37.7 Å². The minimum absolute atomic E-state index is 0.147. The molecule has 0 spiro atoms. The molecule has 0 aromatic carbocycles. The van der Waals surface area contributed by atoms with Crippen molar-refractivity contribution in [1.82, 2.24) is 25.0 Å². The Hall–Kier alpha value is -1.77. The van der Waals surface area contributed by atoms with Gasteiger partial charge in [-0.1, -0.05) is 16.8 Å². The van der Waals surface area contributed by atoms with E-state index in [4.69, 9.17) is 20.9 Å². The van der Waals surface area contributed by atoms with Gasteiger partial charge in [0.15, 0.2) is 5.82 Å². The molecule has 2 aromatic heterocycles.